The number of nitrogens with zero attached hydrogens (tertiary/aromatic N) is 2. The van der Waals surface area contributed by atoms with Crippen molar-refractivity contribution in [1.82, 2.24) is 4.90 Å². The summed E-state index contributed by atoms with van der Waals surface area (Å²) in [5.41, 5.74) is 7.27. The van der Waals surface area contributed by atoms with Gasteiger partial charge in [-0.3, -0.25) is 4.79 Å². The molecule has 2 aliphatic rings. The van der Waals surface area contributed by atoms with Crippen LogP contribution < -0.4 is 10.6 Å². The average Bonchev–Trinajstić information content (AvgIpc) is 2.62. The molecule has 0 bridgehead atoms. The van der Waals surface area contributed by atoms with E-state index in [-0.39, 0.29) is 17.6 Å². The van der Waals surface area contributed by atoms with E-state index in [4.69, 9.17) is 10.5 Å². The summed E-state index contributed by atoms with van der Waals surface area (Å²) in [7, 11) is 0. The Balaban J connectivity index is 1.53. The maximum atomic E-state index is 12.6. The van der Waals surface area contributed by atoms with E-state index in [2.05, 4.69) is 4.90 Å². The summed E-state index contributed by atoms with van der Waals surface area (Å²) in [5, 5.41) is 9.36. The van der Waals surface area contributed by atoms with Gasteiger partial charge in [-0.15, -0.1) is 0 Å². The molecule has 6 heteroatoms. The van der Waals surface area contributed by atoms with E-state index in [1.165, 1.54) is 0 Å². The van der Waals surface area contributed by atoms with E-state index in [0.29, 0.717) is 26.3 Å². The smallest absolute Gasteiger partial charge is 0.239 e. The van der Waals surface area contributed by atoms with Crippen LogP contribution in [0.4, 0.5) is 5.69 Å². The highest BCUT2D eigenvalue weighted by atomic mass is 16.5. The fourth-order valence-corrected chi connectivity index (χ4v) is 3.34. The summed E-state index contributed by atoms with van der Waals surface area (Å²) >= 11 is 0. The summed E-state index contributed by atoms with van der Waals surface area (Å²) in [6, 6.07) is 6.78. The standard InChI is InChI=1S/C17H25N3O3/c18-16(13-5-11-23-12-6-13)17(22)20-9-7-19(8-10-20)14-1-3-15(21)4-2-14/h1-4,13,16,21H,5-12,18H2. The van der Waals surface area contributed by atoms with Crippen LogP contribution in [0.1, 0.15) is 12.8 Å². The van der Waals surface area contributed by atoms with Gasteiger partial charge in [-0.05, 0) is 43.0 Å². The molecule has 126 valence electrons. The molecule has 0 aromatic heterocycles. The minimum atomic E-state index is -0.404. The van der Waals surface area contributed by atoms with Gasteiger partial charge in [0.15, 0.2) is 0 Å². The molecule has 2 heterocycles. The van der Waals surface area contributed by atoms with E-state index in [0.717, 1.165) is 31.6 Å². The second-order valence-electron chi connectivity index (χ2n) is 6.30. The van der Waals surface area contributed by atoms with Crippen molar-refractivity contribution in [3.8, 4) is 5.75 Å². The third-order valence-corrected chi connectivity index (χ3v) is 4.87. The number of ether oxygens (including phenoxy) is 1. The van der Waals surface area contributed by atoms with Crippen LogP contribution in [0, 0.1) is 5.92 Å². The molecule has 3 rings (SSSR count). The first kappa shape index (κ1) is 16.1. The van der Waals surface area contributed by atoms with Gasteiger partial charge >= 0.3 is 0 Å². The SMILES string of the molecule is NC(C(=O)N1CCN(c2ccc(O)cc2)CC1)C1CCOCC1. The summed E-state index contributed by atoms with van der Waals surface area (Å²) in [6.07, 6.45) is 1.75. The van der Waals surface area contributed by atoms with Crippen molar-refractivity contribution >= 4 is 11.6 Å². The Labute approximate surface area is 136 Å². The minimum Gasteiger partial charge on any atom is -0.508 e. The largest absolute Gasteiger partial charge is 0.508 e. The number of nitrogens with two attached hydrogens (primary N) is 1. The van der Waals surface area contributed by atoms with Crippen LogP contribution in [0.5, 0.6) is 5.75 Å². The zero-order valence-corrected chi connectivity index (χ0v) is 13.4. The van der Waals surface area contributed by atoms with Crippen LogP contribution in [-0.2, 0) is 9.53 Å². The number of amides is 1. The molecule has 6 nitrogen and oxygen atoms in total. The molecule has 3 N–H and O–H groups in total. The highest BCUT2D eigenvalue weighted by Gasteiger charge is 2.31. The highest BCUT2D eigenvalue weighted by molar-refractivity contribution is 5.82. The third-order valence-electron chi connectivity index (χ3n) is 4.87. The molecule has 2 saturated heterocycles. The van der Waals surface area contributed by atoms with Crippen molar-refractivity contribution in [2.75, 3.05) is 44.3 Å². The number of hydrogen-bond acceptors (Lipinski definition) is 5. The molecule has 1 atom stereocenters. The fraction of sp³-hybridized carbons (Fsp3) is 0.588. The van der Waals surface area contributed by atoms with Crippen LogP contribution in [0.25, 0.3) is 0 Å². The number of anilines is 1. The van der Waals surface area contributed by atoms with E-state index in [1.807, 2.05) is 17.0 Å². The number of hydrogen-bond donors (Lipinski definition) is 2. The zero-order valence-electron chi connectivity index (χ0n) is 13.4. The normalized spacial score (nSPS) is 21.3. The van der Waals surface area contributed by atoms with Gasteiger partial charge < -0.3 is 25.4 Å². The summed E-state index contributed by atoms with van der Waals surface area (Å²) in [5.74, 6) is 0.582. The van der Waals surface area contributed by atoms with E-state index < -0.39 is 6.04 Å². The van der Waals surface area contributed by atoms with Crippen molar-refractivity contribution in [2.24, 2.45) is 11.7 Å². The highest BCUT2D eigenvalue weighted by Crippen LogP contribution is 2.22. The molecule has 1 aromatic carbocycles. The summed E-state index contributed by atoms with van der Waals surface area (Å²) in [6.45, 7) is 4.38. The molecule has 1 amide bonds. The zero-order chi connectivity index (χ0) is 16.2. The quantitative estimate of drug-likeness (QED) is 0.861. The van der Waals surface area contributed by atoms with E-state index in [1.54, 1.807) is 12.1 Å². The number of aromatic hydroxyl groups is 1. The fourth-order valence-electron chi connectivity index (χ4n) is 3.34. The van der Waals surface area contributed by atoms with Crippen molar-refractivity contribution in [3.05, 3.63) is 24.3 Å². The predicted octanol–water partition coefficient (Wildman–Crippen LogP) is 0.795. The molecule has 1 aromatic rings. The van der Waals surface area contributed by atoms with Crippen molar-refractivity contribution in [3.63, 3.8) is 0 Å². The predicted molar refractivity (Wildman–Crippen MR) is 88.4 cm³/mol. The van der Waals surface area contributed by atoms with Gasteiger partial charge in [0.05, 0.1) is 6.04 Å². The number of carbonyl (C=O) groups excluding carboxylic acids is 1. The molecule has 2 fully saturated rings. The number of benzene rings is 1. The first-order valence-corrected chi connectivity index (χ1v) is 8.31. The molecule has 23 heavy (non-hydrogen) atoms. The van der Waals surface area contributed by atoms with E-state index >= 15 is 0 Å². The lowest BCUT2D eigenvalue weighted by atomic mass is 9.91. The molecular weight excluding hydrogens is 294 g/mol. The number of phenols is 1. The Kier molecular flexibility index (Phi) is 5.03. The Morgan fingerprint density at radius 2 is 1.74 bits per heavy atom. The second kappa shape index (κ2) is 7.19. The summed E-state index contributed by atoms with van der Waals surface area (Å²) < 4.78 is 5.34. The lowest BCUT2D eigenvalue weighted by Gasteiger charge is -2.38. The molecule has 2 aliphatic heterocycles. The lowest BCUT2D eigenvalue weighted by Crippen LogP contribution is -2.55. The van der Waals surface area contributed by atoms with Crippen LogP contribution in [0.15, 0.2) is 24.3 Å². The Hall–Kier alpha value is -1.79. The second-order valence-corrected chi connectivity index (χ2v) is 6.30. The van der Waals surface area contributed by atoms with Crippen LogP contribution in [-0.4, -0.2) is 61.3 Å². The molecule has 0 radical (unpaired) electrons. The molecule has 0 aliphatic carbocycles. The molecule has 1 unspecified atom stereocenters. The average molecular weight is 319 g/mol. The van der Waals surface area contributed by atoms with Gasteiger partial charge in [0.1, 0.15) is 5.75 Å². The van der Waals surface area contributed by atoms with Crippen LogP contribution in [0.3, 0.4) is 0 Å². The molecule has 0 saturated carbocycles. The first-order chi connectivity index (χ1) is 11.1. The maximum Gasteiger partial charge on any atom is 0.239 e. The monoisotopic (exact) mass is 319 g/mol. The Morgan fingerprint density at radius 3 is 2.35 bits per heavy atom. The van der Waals surface area contributed by atoms with Crippen molar-refractivity contribution in [1.29, 1.82) is 0 Å². The first-order valence-electron chi connectivity index (χ1n) is 8.31. The molecular formula is C17H25N3O3. The number of carbonyl (C=O) groups is 1. The Bertz CT molecular complexity index is 520. The van der Waals surface area contributed by atoms with Gasteiger partial charge in [-0.1, -0.05) is 0 Å². The van der Waals surface area contributed by atoms with Gasteiger partial charge in [-0.2, -0.15) is 0 Å². The van der Waals surface area contributed by atoms with Crippen molar-refractivity contribution in [2.45, 2.75) is 18.9 Å². The summed E-state index contributed by atoms with van der Waals surface area (Å²) in [4.78, 5) is 16.7. The third kappa shape index (κ3) is 3.76. The number of rotatable bonds is 3. The van der Waals surface area contributed by atoms with Gasteiger partial charge in [0.2, 0.25) is 5.91 Å². The lowest BCUT2D eigenvalue weighted by molar-refractivity contribution is -0.135. The van der Waals surface area contributed by atoms with Gasteiger partial charge in [0, 0.05) is 45.1 Å². The Morgan fingerprint density at radius 1 is 1.13 bits per heavy atom. The van der Waals surface area contributed by atoms with Crippen molar-refractivity contribution < 1.29 is 14.6 Å². The van der Waals surface area contributed by atoms with Crippen LogP contribution >= 0.6 is 0 Å². The van der Waals surface area contributed by atoms with E-state index in [9.17, 15) is 9.90 Å². The number of phenolic OH excluding ortho intramolecular Hbond substituents is 1. The minimum absolute atomic E-state index is 0.0715. The van der Waals surface area contributed by atoms with Gasteiger partial charge in [0.25, 0.3) is 0 Å². The topological polar surface area (TPSA) is 79.0 Å². The maximum absolute atomic E-state index is 12.6. The van der Waals surface area contributed by atoms with Gasteiger partial charge in [-0.25, -0.2) is 0 Å². The number of piperazine rings is 1. The van der Waals surface area contributed by atoms with Crippen LogP contribution in [0.2, 0.25) is 0 Å². The molecule has 0 spiro atoms.